The molecule has 152 valence electrons. The molecule has 1 aromatic carbocycles. The summed E-state index contributed by atoms with van der Waals surface area (Å²) in [5.41, 5.74) is 1.45. The third kappa shape index (κ3) is 3.19. The Morgan fingerprint density at radius 2 is 1.93 bits per heavy atom. The number of aromatic nitrogens is 3. The minimum absolute atomic E-state index is 0.338. The van der Waals surface area contributed by atoms with Crippen LogP contribution >= 0.6 is 0 Å². The molecule has 5 rings (SSSR count). The lowest BCUT2D eigenvalue weighted by Crippen LogP contribution is -2.59. The topological polar surface area (TPSA) is 85.4 Å². The summed E-state index contributed by atoms with van der Waals surface area (Å²) in [5.74, 6) is 0.872. The molecule has 2 fully saturated rings. The molecule has 1 aliphatic carbocycles. The van der Waals surface area contributed by atoms with Gasteiger partial charge in [-0.05, 0) is 24.5 Å². The highest BCUT2D eigenvalue weighted by atomic mass is 32.2. The van der Waals surface area contributed by atoms with Crippen LogP contribution in [0.15, 0.2) is 48.9 Å². The van der Waals surface area contributed by atoms with Crippen LogP contribution in [0.4, 0.5) is 5.82 Å². The van der Waals surface area contributed by atoms with Crippen molar-refractivity contribution < 1.29 is 8.42 Å². The Morgan fingerprint density at radius 3 is 2.69 bits per heavy atom. The minimum atomic E-state index is -3.54. The van der Waals surface area contributed by atoms with Crippen molar-refractivity contribution in [2.45, 2.75) is 24.9 Å². The Labute approximate surface area is 170 Å². The Hall–Kier alpha value is -2.49. The summed E-state index contributed by atoms with van der Waals surface area (Å²) in [4.78, 5) is 14.1. The number of nitrogens with zero attached hydrogens (tertiary/aromatic N) is 5. The van der Waals surface area contributed by atoms with E-state index in [4.69, 9.17) is 0 Å². The highest BCUT2D eigenvalue weighted by Gasteiger charge is 2.56. The van der Waals surface area contributed by atoms with Crippen LogP contribution in [0.3, 0.4) is 0 Å². The summed E-state index contributed by atoms with van der Waals surface area (Å²) in [7, 11) is -1.88. The summed E-state index contributed by atoms with van der Waals surface area (Å²) in [6.07, 6.45) is 5.17. The van der Waals surface area contributed by atoms with Gasteiger partial charge in [-0.15, -0.1) is 0 Å². The van der Waals surface area contributed by atoms with Crippen molar-refractivity contribution in [2.75, 3.05) is 31.6 Å². The molecule has 1 spiro atoms. The molecule has 0 bridgehead atoms. The minimum Gasteiger partial charge on any atom is -0.353 e. The standard InChI is InChI=1S/C20H24N6O2S/c1-24(13-16-5-3-2-4-6-16)29(27,28)26-12-11-25(14-20(26)8-9-20)19-17-7-10-21-18(17)22-15-23-19/h2-7,10,15H,8-9,11-14H2,1H3,(H,21,22,23). The van der Waals surface area contributed by atoms with Gasteiger partial charge < -0.3 is 9.88 Å². The van der Waals surface area contributed by atoms with Gasteiger partial charge in [0.25, 0.3) is 10.2 Å². The summed E-state index contributed by atoms with van der Waals surface area (Å²) >= 11 is 0. The largest absolute Gasteiger partial charge is 0.353 e. The van der Waals surface area contributed by atoms with Crippen molar-refractivity contribution in [1.82, 2.24) is 23.6 Å². The number of hydrogen-bond donors (Lipinski definition) is 1. The number of hydrogen-bond acceptors (Lipinski definition) is 5. The van der Waals surface area contributed by atoms with Gasteiger partial charge in [-0.25, -0.2) is 9.97 Å². The van der Waals surface area contributed by atoms with E-state index in [0.29, 0.717) is 26.2 Å². The van der Waals surface area contributed by atoms with Crippen molar-refractivity contribution in [3.63, 3.8) is 0 Å². The van der Waals surface area contributed by atoms with Crippen LogP contribution in [0.5, 0.6) is 0 Å². The SMILES string of the molecule is CN(Cc1ccccc1)S(=O)(=O)N1CCN(c2ncnc3[nH]ccc23)CC12CC2. The van der Waals surface area contributed by atoms with E-state index < -0.39 is 10.2 Å². The smallest absolute Gasteiger partial charge is 0.282 e. The summed E-state index contributed by atoms with van der Waals surface area (Å²) < 4.78 is 29.9. The van der Waals surface area contributed by atoms with E-state index in [-0.39, 0.29) is 5.54 Å². The Morgan fingerprint density at radius 1 is 1.14 bits per heavy atom. The lowest BCUT2D eigenvalue weighted by Gasteiger charge is -2.43. The zero-order valence-electron chi connectivity index (χ0n) is 16.3. The molecule has 1 saturated heterocycles. The summed E-state index contributed by atoms with van der Waals surface area (Å²) in [6, 6.07) is 11.7. The van der Waals surface area contributed by atoms with E-state index in [2.05, 4.69) is 19.9 Å². The summed E-state index contributed by atoms with van der Waals surface area (Å²) in [5, 5.41) is 0.973. The number of benzene rings is 1. The molecular weight excluding hydrogens is 388 g/mol. The van der Waals surface area contributed by atoms with Crippen molar-refractivity contribution in [3.8, 4) is 0 Å². The molecule has 9 heteroatoms. The average Bonchev–Trinajstić information content (AvgIpc) is 3.29. The molecule has 8 nitrogen and oxygen atoms in total. The van der Waals surface area contributed by atoms with Crippen LogP contribution in [0, 0.1) is 0 Å². The fourth-order valence-corrected chi connectivity index (χ4v) is 5.95. The first-order chi connectivity index (χ1) is 14.0. The predicted molar refractivity (Wildman–Crippen MR) is 112 cm³/mol. The van der Waals surface area contributed by atoms with Crippen molar-refractivity contribution in [1.29, 1.82) is 0 Å². The second-order valence-electron chi connectivity index (χ2n) is 7.90. The van der Waals surface area contributed by atoms with Gasteiger partial charge in [0.2, 0.25) is 0 Å². The molecule has 0 unspecified atom stereocenters. The number of rotatable bonds is 5. The molecule has 1 saturated carbocycles. The van der Waals surface area contributed by atoms with E-state index in [1.54, 1.807) is 17.7 Å². The van der Waals surface area contributed by atoms with E-state index in [1.165, 1.54) is 4.31 Å². The first kappa shape index (κ1) is 18.5. The first-order valence-corrected chi connectivity index (χ1v) is 11.2. The molecule has 3 heterocycles. The summed E-state index contributed by atoms with van der Waals surface area (Å²) in [6.45, 7) is 2.09. The maximum atomic E-state index is 13.4. The van der Waals surface area contributed by atoms with Crippen LogP contribution < -0.4 is 4.90 Å². The zero-order chi connectivity index (χ0) is 20.1. The van der Waals surface area contributed by atoms with Gasteiger partial charge in [0.05, 0.1) is 10.9 Å². The number of fused-ring (bicyclic) bond motifs is 1. The molecule has 1 N–H and O–H groups in total. The van der Waals surface area contributed by atoms with Crippen LogP contribution in [0.25, 0.3) is 11.0 Å². The molecule has 3 aromatic rings. The molecule has 29 heavy (non-hydrogen) atoms. The van der Waals surface area contributed by atoms with E-state index in [0.717, 1.165) is 35.3 Å². The van der Waals surface area contributed by atoms with Gasteiger partial charge in [-0.2, -0.15) is 17.0 Å². The molecule has 0 radical (unpaired) electrons. The normalized spacial score (nSPS) is 19.3. The average molecular weight is 413 g/mol. The van der Waals surface area contributed by atoms with Gasteiger partial charge in [-0.3, -0.25) is 0 Å². The molecule has 0 amide bonds. The van der Waals surface area contributed by atoms with Gasteiger partial charge in [0.1, 0.15) is 17.8 Å². The van der Waals surface area contributed by atoms with E-state index >= 15 is 0 Å². The van der Waals surface area contributed by atoms with Crippen LogP contribution in [0.1, 0.15) is 18.4 Å². The van der Waals surface area contributed by atoms with Crippen LogP contribution in [-0.4, -0.2) is 64.2 Å². The number of piperazine rings is 1. The van der Waals surface area contributed by atoms with E-state index in [1.807, 2.05) is 42.6 Å². The Bertz CT molecular complexity index is 1130. The monoisotopic (exact) mass is 412 g/mol. The van der Waals surface area contributed by atoms with Gasteiger partial charge in [-0.1, -0.05) is 30.3 Å². The second-order valence-corrected chi connectivity index (χ2v) is 9.86. The van der Waals surface area contributed by atoms with Crippen molar-refractivity contribution >= 4 is 27.1 Å². The number of aromatic amines is 1. The first-order valence-electron chi connectivity index (χ1n) is 9.81. The van der Waals surface area contributed by atoms with Gasteiger partial charge in [0.15, 0.2) is 0 Å². The number of H-pyrrole nitrogens is 1. The molecular formula is C20H24N6O2S. The Balaban J connectivity index is 1.38. The van der Waals surface area contributed by atoms with Crippen LogP contribution in [0.2, 0.25) is 0 Å². The molecule has 2 aromatic heterocycles. The maximum absolute atomic E-state index is 13.4. The predicted octanol–water partition coefficient (Wildman–Crippen LogP) is 1.99. The number of nitrogens with one attached hydrogen (secondary N) is 1. The van der Waals surface area contributed by atoms with E-state index in [9.17, 15) is 8.42 Å². The quantitative estimate of drug-likeness (QED) is 0.693. The van der Waals surface area contributed by atoms with Gasteiger partial charge >= 0.3 is 0 Å². The third-order valence-electron chi connectivity index (χ3n) is 5.97. The number of anilines is 1. The third-order valence-corrected chi connectivity index (χ3v) is 8.01. The van der Waals surface area contributed by atoms with Crippen molar-refractivity contribution in [3.05, 3.63) is 54.5 Å². The highest BCUT2D eigenvalue weighted by Crippen LogP contribution is 2.47. The lowest BCUT2D eigenvalue weighted by molar-refractivity contribution is 0.250. The highest BCUT2D eigenvalue weighted by molar-refractivity contribution is 7.86. The maximum Gasteiger partial charge on any atom is 0.282 e. The molecule has 2 aliphatic rings. The Kier molecular flexibility index (Phi) is 4.34. The fourth-order valence-electron chi connectivity index (χ4n) is 4.26. The second kappa shape index (κ2) is 6.79. The lowest BCUT2D eigenvalue weighted by atomic mass is 10.2. The fraction of sp³-hybridized carbons (Fsp3) is 0.400. The van der Waals surface area contributed by atoms with Crippen molar-refractivity contribution in [2.24, 2.45) is 0 Å². The molecule has 1 aliphatic heterocycles. The molecule has 0 atom stereocenters. The van der Waals surface area contributed by atoms with Gasteiger partial charge in [0, 0.05) is 39.4 Å². The zero-order valence-corrected chi connectivity index (χ0v) is 17.1. The van der Waals surface area contributed by atoms with Crippen LogP contribution in [-0.2, 0) is 16.8 Å².